The van der Waals surface area contributed by atoms with Crippen molar-refractivity contribution >= 4 is 17.5 Å². The predicted octanol–water partition coefficient (Wildman–Crippen LogP) is 2.15. The molecule has 0 bridgehead atoms. The van der Waals surface area contributed by atoms with Gasteiger partial charge in [0, 0.05) is 12.7 Å². The fraction of sp³-hybridized carbons (Fsp3) is 0.353. The molecule has 1 fully saturated rings. The van der Waals surface area contributed by atoms with Gasteiger partial charge in [-0.05, 0) is 43.5 Å². The third-order valence-corrected chi connectivity index (χ3v) is 4.12. The summed E-state index contributed by atoms with van der Waals surface area (Å²) < 4.78 is 0. The van der Waals surface area contributed by atoms with Crippen molar-refractivity contribution in [3.63, 3.8) is 0 Å². The average Bonchev–Trinajstić information content (AvgIpc) is 3.06. The van der Waals surface area contributed by atoms with E-state index in [1.54, 1.807) is 6.20 Å². The number of hydrogen-bond acceptors (Lipinski definition) is 5. The summed E-state index contributed by atoms with van der Waals surface area (Å²) in [5, 5.41) is 3.24. The normalized spacial score (nSPS) is 17.3. The van der Waals surface area contributed by atoms with Crippen LogP contribution in [-0.2, 0) is 4.79 Å². The third kappa shape index (κ3) is 3.32. The van der Waals surface area contributed by atoms with Gasteiger partial charge in [-0.1, -0.05) is 12.1 Å². The van der Waals surface area contributed by atoms with Gasteiger partial charge in [-0.2, -0.15) is 0 Å². The highest BCUT2D eigenvalue weighted by atomic mass is 16.2. The highest BCUT2D eigenvalue weighted by Crippen LogP contribution is 2.31. The zero-order chi connectivity index (χ0) is 16.2. The van der Waals surface area contributed by atoms with Gasteiger partial charge in [0.2, 0.25) is 5.91 Å². The van der Waals surface area contributed by atoms with Gasteiger partial charge < -0.3 is 16.0 Å². The second-order valence-electron chi connectivity index (χ2n) is 5.69. The number of aryl methyl sites for hydroxylation is 1. The van der Waals surface area contributed by atoms with Crippen LogP contribution in [0.5, 0.6) is 0 Å². The van der Waals surface area contributed by atoms with Crippen LogP contribution in [0.25, 0.3) is 0 Å². The molecule has 6 heteroatoms. The van der Waals surface area contributed by atoms with Crippen molar-refractivity contribution < 1.29 is 4.79 Å². The first-order valence-electron chi connectivity index (χ1n) is 7.84. The molecule has 3 rings (SSSR count). The van der Waals surface area contributed by atoms with Crippen LogP contribution < -0.4 is 11.1 Å². The molecule has 23 heavy (non-hydrogen) atoms. The first-order valence-corrected chi connectivity index (χ1v) is 7.84. The molecule has 0 spiro atoms. The number of nitrogens with two attached hydrogens (primary N) is 1. The molecule has 0 aromatic carbocycles. The molecule has 2 aromatic heterocycles. The summed E-state index contributed by atoms with van der Waals surface area (Å²) in [6.07, 6.45) is 3.65. The van der Waals surface area contributed by atoms with Gasteiger partial charge in [0.1, 0.15) is 11.6 Å². The summed E-state index contributed by atoms with van der Waals surface area (Å²) in [6.45, 7) is 2.79. The Bertz CT molecular complexity index is 703. The Morgan fingerprint density at radius 1 is 1.39 bits per heavy atom. The standard InChI is InChI=1S/C17H21N5O/c1-12-5-3-9-19-17(12)21-15-8-2-6-13(20-15)14-7-4-10-22(14)16(23)11-18/h2-3,5-6,8-9,14H,4,7,10-11,18H2,1H3,(H,19,20,21). The molecule has 0 saturated carbocycles. The molecule has 3 heterocycles. The van der Waals surface area contributed by atoms with Crippen LogP contribution >= 0.6 is 0 Å². The number of carbonyl (C=O) groups excluding carboxylic acids is 1. The number of aromatic nitrogens is 2. The maximum Gasteiger partial charge on any atom is 0.236 e. The highest BCUT2D eigenvalue weighted by Gasteiger charge is 2.30. The maximum absolute atomic E-state index is 12.0. The molecule has 1 aliphatic rings. The van der Waals surface area contributed by atoms with Crippen LogP contribution in [-0.4, -0.2) is 33.9 Å². The number of rotatable bonds is 4. The quantitative estimate of drug-likeness (QED) is 0.904. The number of pyridine rings is 2. The summed E-state index contributed by atoms with van der Waals surface area (Å²) in [5.74, 6) is 1.50. The molecule has 1 unspecified atom stereocenters. The molecule has 1 aliphatic heterocycles. The minimum Gasteiger partial charge on any atom is -0.333 e. The fourth-order valence-corrected chi connectivity index (χ4v) is 2.93. The number of nitrogens with zero attached hydrogens (tertiary/aromatic N) is 3. The molecule has 1 saturated heterocycles. The Kier molecular flexibility index (Phi) is 4.52. The number of carbonyl (C=O) groups is 1. The van der Waals surface area contributed by atoms with Crippen molar-refractivity contribution in [2.24, 2.45) is 5.73 Å². The molecule has 1 amide bonds. The van der Waals surface area contributed by atoms with E-state index in [1.165, 1.54) is 0 Å². The SMILES string of the molecule is Cc1cccnc1Nc1cccc(C2CCCN2C(=O)CN)n1. The van der Waals surface area contributed by atoms with E-state index >= 15 is 0 Å². The molecule has 0 radical (unpaired) electrons. The molecule has 1 atom stereocenters. The Morgan fingerprint density at radius 3 is 3.04 bits per heavy atom. The first kappa shape index (κ1) is 15.4. The van der Waals surface area contributed by atoms with Crippen LogP contribution in [0.2, 0.25) is 0 Å². The van der Waals surface area contributed by atoms with Crippen molar-refractivity contribution in [2.75, 3.05) is 18.4 Å². The largest absolute Gasteiger partial charge is 0.333 e. The van der Waals surface area contributed by atoms with E-state index in [2.05, 4.69) is 15.3 Å². The molecule has 2 aromatic rings. The van der Waals surface area contributed by atoms with Gasteiger partial charge in [0.25, 0.3) is 0 Å². The lowest BCUT2D eigenvalue weighted by Crippen LogP contribution is -2.35. The number of likely N-dealkylation sites (tertiary alicyclic amines) is 1. The molecule has 3 N–H and O–H groups in total. The number of nitrogens with one attached hydrogen (secondary N) is 1. The van der Waals surface area contributed by atoms with Crippen LogP contribution in [0, 0.1) is 6.92 Å². The van der Waals surface area contributed by atoms with E-state index in [1.807, 2.05) is 42.2 Å². The van der Waals surface area contributed by atoms with Crippen molar-refractivity contribution in [1.82, 2.24) is 14.9 Å². The Morgan fingerprint density at radius 2 is 2.26 bits per heavy atom. The molecular weight excluding hydrogens is 290 g/mol. The molecule has 120 valence electrons. The first-order chi connectivity index (χ1) is 11.2. The van der Waals surface area contributed by atoms with Gasteiger partial charge >= 0.3 is 0 Å². The monoisotopic (exact) mass is 311 g/mol. The van der Waals surface area contributed by atoms with Gasteiger partial charge in [-0.15, -0.1) is 0 Å². The van der Waals surface area contributed by atoms with Crippen molar-refractivity contribution in [1.29, 1.82) is 0 Å². The zero-order valence-electron chi connectivity index (χ0n) is 13.2. The van der Waals surface area contributed by atoms with Gasteiger partial charge in [0.05, 0.1) is 18.3 Å². The van der Waals surface area contributed by atoms with Crippen molar-refractivity contribution in [2.45, 2.75) is 25.8 Å². The van der Waals surface area contributed by atoms with E-state index in [0.29, 0.717) is 0 Å². The van der Waals surface area contributed by atoms with E-state index in [-0.39, 0.29) is 18.5 Å². The van der Waals surface area contributed by atoms with E-state index in [0.717, 1.165) is 42.3 Å². The van der Waals surface area contributed by atoms with Crippen molar-refractivity contribution in [3.05, 3.63) is 47.8 Å². The van der Waals surface area contributed by atoms with Gasteiger partial charge in [0.15, 0.2) is 0 Å². The molecule has 0 aliphatic carbocycles. The second-order valence-corrected chi connectivity index (χ2v) is 5.69. The third-order valence-electron chi connectivity index (χ3n) is 4.12. The molecular formula is C17H21N5O. The highest BCUT2D eigenvalue weighted by molar-refractivity contribution is 5.78. The van der Waals surface area contributed by atoms with Crippen LogP contribution in [0.3, 0.4) is 0 Å². The second kappa shape index (κ2) is 6.75. The van der Waals surface area contributed by atoms with Crippen molar-refractivity contribution in [3.8, 4) is 0 Å². The topological polar surface area (TPSA) is 84.1 Å². The minimum absolute atomic E-state index is 0.0117. The van der Waals surface area contributed by atoms with E-state index < -0.39 is 0 Å². The molecule has 6 nitrogen and oxygen atoms in total. The summed E-state index contributed by atoms with van der Waals surface area (Å²) in [6, 6.07) is 9.73. The van der Waals surface area contributed by atoms with Gasteiger partial charge in [-0.3, -0.25) is 4.79 Å². The predicted molar refractivity (Wildman–Crippen MR) is 89.2 cm³/mol. The fourth-order valence-electron chi connectivity index (χ4n) is 2.93. The Balaban J connectivity index is 1.82. The van der Waals surface area contributed by atoms with Gasteiger partial charge in [-0.25, -0.2) is 9.97 Å². The minimum atomic E-state index is -0.0202. The Hall–Kier alpha value is -2.47. The lowest BCUT2D eigenvalue weighted by atomic mass is 10.1. The summed E-state index contributed by atoms with van der Waals surface area (Å²) >= 11 is 0. The lowest BCUT2D eigenvalue weighted by molar-refractivity contribution is -0.130. The van der Waals surface area contributed by atoms with Crippen LogP contribution in [0.15, 0.2) is 36.5 Å². The summed E-state index contributed by atoms with van der Waals surface area (Å²) in [7, 11) is 0. The number of anilines is 2. The Labute approximate surface area is 135 Å². The number of amides is 1. The van der Waals surface area contributed by atoms with E-state index in [9.17, 15) is 4.79 Å². The lowest BCUT2D eigenvalue weighted by Gasteiger charge is -2.24. The van der Waals surface area contributed by atoms with Crippen LogP contribution in [0.4, 0.5) is 11.6 Å². The van der Waals surface area contributed by atoms with Crippen LogP contribution in [0.1, 0.15) is 30.1 Å². The summed E-state index contributed by atoms with van der Waals surface area (Å²) in [5.41, 5.74) is 7.46. The average molecular weight is 311 g/mol. The zero-order valence-corrected chi connectivity index (χ0v) is 13.2. The maximum atomic E-state index is 12.0. The van der Waals surface area contributed by atoms with E-state index in [4.69, 9.17) is 5.73 Å². The number of hydrogen-bond donors (Lipinski definition) is 2. The summed E-state index contributed by atoms with van der Waals surface area (Å²) in [4.78, 5) is 22.8. The smallest absolute Gasteiger partial charge is 0.236 e.